The highest BCUT2D eigenvalue weighted by Crippen LogP contribution is 2.25. The largest absolute Gasteiger partial charge is 0.462 e. The number of aryl methyl sites for hydroxylation is 1. The second kappa shape index (κ2) is 9.70. The molecule has 1 saturated heterocycles. The van der Waals surface area contributed by atoms with Gasteiger partial charge in [-0.25, -0.2) is 4.79 Å². The van der Waals surface area contributed by atoms with Gasteiger partial charge >= 0.3 is 5.97 Å². The minimum atomic E-state index is -0.405. The topological polar surface area (TPSA) is 55.4 Å². The number of anilines is 1. The first-order chi connectivity index (χ1) is 14.0. The summed E-state index contributed by atoms with van der Waals surface area (Å²) in [6, 6.07) is 15.8. The molecule has 1 aliphatic heterocycles. The molecule has 0 aromatic heterocycles. The van der Waals surface area contributed by atoms with Crippen molar-refractivity contribution in [1.82, 2.24) is 0 Å². The minimum absolute atomic E-state index is 0.0531. The molecule has 1 N–H and O–H groups in total. The van der Waals surface area contributed by atoms with Crippen LogP contribution in [0.25, 0.3) is 0 Å². The van der Waals surface area contributed by atoms with Crippen molar-refractivity contribution in [2.24, 2.45) is 0 Å². The summed E-state index contributed by atoms with van der Waals surface area (Å²) in [5.74, 6) is -0.458. The Balaban J connectivity index is 1.78. The van der Waals surface area contributed by atoms with Gasteiger partial charge in [0.1, 0.15) is 6.54 Å². The third-order valence-electron chi connectivity index (χ3n) is 5.64. The van der Waals surface area contributed by atoms with Crippen molar-refractivity contribution in [3.63, 3.8) is 0 Å². The van der Waals surface area contributed by atoms with Crippen LogP contribution >= 0.6 is 0 Å². The summed E-state index contributed by atoms with van der Waals surface area (Å²) in [5, 5.41) is 3.02. The zero-order valence-electron chi connectivity index (χ0n) is 17.4. The van der Waals surface area contributed by atoms with E-state index in [1.807, 2.05) is 25.1 Å². The molecule has 0 saturated carbocycles. The van der Waals surface area contributed by atoms with Crippen LogP contribution in [0.4, 0.5) is 5.69 Å². The summed E-state index contributed by atoms with van der Waals surface area (Å²) in [7, 11) is 0. The highest BCUT2D eigenvalue weighted by molar-refractivity contribution is 6.02. The van der Waals surface area contributed by atoms with E-state index >= 15 is 0 Å². The summed E-state index contributed by atoms with van der Waals surface area (Å²) in [5.41, 5.74) is 3.08. The van der Waals surface area contributed by atoms with Gasteiger partial charge in [-0.1, -0.05) is 42.5 Å². The fourth-order valence-corrected chi connectivity index (χ4v) is 4.22. The Labute approximate surface area is 173 Å². The Hall–Kier alpha value is -2.66. The number of benzene rings is 2. The van der Waals surface area contributed by atoms with E-state index < -0.39 is 5.97 Å². The molecule has 1 amide bonds. The van der Waals surface area contributed by atoms with Crippen LogP contribution in [0.3, 0.4) is 0 Å². The third-order valence-corrected chi connectivity index (χ3v) is 5.64. The van der Waals surface area contributed by atoms with Crippen molar-refractivity contribution in [3.05, 3.63) is 65.2 Å². The van der Waals surface area contributed by atoms with E-state index in [0.29, 0.717) is 24.4 Å². The van der Waals surface area contributed by atoms with Crippen molar-refractivity contribution in [2.45, 2.75) is 39.7 Å². The smallest absolute Gasteiger partial charge is 0.340 e. The first-order valence-electron chi connectivity index (χ1n) is 10.5. The van der Waals surface area contributed by atoms with Gasteiger partial charge in [0, 0.05) is 5.56 Å². The fourth-order valence-electron chi connectivity index (χ4n) is 4.22. The molecule has 1 fully saturated rings. The van der Waals surface area contributed by atoms with Gasteiger partial charge < -0.3 is 14.5 Å². The van der Waals surface area contributed by atoms with Crippen molar-refractivity contribution < 1.29 is 18.8 Å². The van der Waals surface area contributed by atoms with E-state index in [0.717, 1.165) is 42.5 Å². The fraction of sp³-hybridized carbons (Fsp3) is 0.417. The molecule has 0 radical (unpaired) electrons. The summed E-state index contributed by atoms with van der Waals surface area (Å²) >= 11 is 0. The normalized spacial score (nSPS) is 15.5. The van der Waals surface area contributed by atoms with Gasteiger partial charge in [-0.2, -0.15) is 0 Å². The average Bonchev–Trinajstić information content (AvgIpc) is 2.71. The molecule has 1 aliphatic rings. The number of carbonyl (C=O) groups excluding carboxylic acids is 2. The van der Waals surface area contributed by atoms with Gasteiger partial charge in [-0.05, 0) is 44.7 Å². The number of hydrogen-bond acceptors (Lipinski definition) is 3. The molecule has 0 bridgehead atoms. The van der Waals surface area contributed by atoms with Crippen LogP contribution < -0.4 is 5.32 Å². The van der Waals surface area contributed by atoms with E-state index in [9.17, 15) is 9.59 Å². The second-order valence-corrected chi connectivity index (χ2v) is 7.92. The summed E-state index contributed by atoms with van der Waals surface area (Å²) < 4.78 is 5.92. The Bertz CT molecular complexity index is 842. The molecule has 0 spiro atoms. The number of rotatable bonds is 7. The predicted octanol–water partition coefficient (Wildman–Crippen LogP) is 4.31. The maximum Gasteiger partial charge on any atom is 0.340 e. The molecule has 2 aromatic carbocycles. The molecule has 5 nitrogen and oxygen atoms in total. The first kappa shape index (κ1) is 21.1. The molecule has 2 aromatic rings. The quantitative estimate of drug-likeness (QED) is 0.561. The number of carbonyl (C=O) groups is 2. The van der Waals surface area contributed by atoms with E-state index in [2.05, 4.69) is 29.6 Å². The maximum atomic E-state index is 13.1. The van der Waals surface area contributed by atoms with Crippen LogP contribution in [-0.2, 0) is 16.1 Å². The van der Waals surface area contributed by atoms with Crippen LogP contribution in [0.15, 0.2) is 48.5 Å². The molecule has 0 aliphatic carbocycles. The lowest BCUT2D eigenvalue weighted by molar-refractivity contribution is -0.937. The highest BCUT2D eigenvalue weighted by Gasteiger charge is 2.33. The van der Waals surface area contributed by atoms with E-state index in [4.69, 9.17) is 4.74 Å². The minimum Gasteiger partial charge on any atom is -0.462 e. The zero-order valence-corrected chi connectivity index (χ0v) is 17.4. The van der Waals surface area contributed by atoms with Crippen LogP contribution in [0.2, 0.25) is 0 Å². The number of para-hydroxylation sites is 1. The first-order valence-corrected chi connectivity index (χ1v) is 10.5. The van der Waals surface area contributed by atoms with Crippen molar-refractivity contribution in [1.29, 1.82) is 0 Å². The molecule has 0 atom stereocenters. The number of hydrogen-bond donors (Lipinski definition) is 1. The predicted molar refractivity (Wildman–Crippen MR) is 115 cm³/mol. The van der Waals surface area contributed by atoms with Gasteiger partial charge in [0.05, 0.1) is 30.9 Å². The Morgan fingerprint density at radius 1 is 1.00 bits per heavy atom. The number of amides is 1. The number of ether oxygens (including phenoxy) is 1. The van der Waals surface area contributed by atoms with E-state index in [1.165, 1.54) is 12.0 Å². The molecular formula is C24H31N2O3+. The monoisotopic (exact) mass is 395 g/mol. The lowest BCUT2D eigenvalue weighted by Gasteiger charge is -2.41. The van der Waals surface area contributed by atoms with Crippen molar-refractivity contribution in [2.75, 3.05) is 31.6 Å². The SMILES string of the molecule is CCOC(=O)c1cccc(C)c1NC(=O)C[N+]1(Cc2ccccc2)CCCCC1. The molecular weight excluding hydrogens is 364 g/mol. The summed E-state index contributed by atoms with van der Waals surface area (Å²) in [6.45, 7) is 7.24. The van der Waals surface area contributed by atoms with Crippen molar-refractivity contribution >= 4 is 17.6 Å². The molecule has 5 heteroatoms. The number of esters is 1. The molecule has 3 rings (SSSR count). The zero-order chi connectivity index (χ0) is 20.7. The molecule has 29 heavy (non-hydrogen) atoms. The molecule has 154 valence electrons. The van der Waals surface area contributed by atoms with Gasteiger partial charge in [0.2, 0.25) is 0 Å². The number of piperidine rings is 1. The standard InChI is InChI=1S/C24H30N2O3/c1-3-29-24(28)21-14-10-11-19(2)23(21)25-22(27)18-26(15-8-5-9-16-26)17-20-12-6-4-7-13-20/h4,6-7,10-14H,3,5,8-9,15-18H2,1-2H3/p+1. The van der Waals surface area contributed by atoms with Gasteiger partial charge in [0.25, 0.3) is 5.91 Å². The Morgan fingerprint density at radius 2 is 1.72 bits per heavy atom. The summed E-state index contributed by atoms with van der Waals surface area (Å²) in [4.78, 5) is 25.4. The lowest BCUT2D eigenvalue weighted by atomic mass is 10.0. The number of nitrogens with zero attached hydrogens (tertiary/aromatic N) is 1. The average molecular weight is 396 g/mol. The highest BCUT2D eigenvalue weighted by atomic mass is 16.5. The second-order valence-electron chi connectivity index (χ2n) is 7.92. The van der Waals surface area contributed by atoms with E-state index in [-0.39, 0.29) is 5.91 Å². The molecule has 0 unspecified atom stereocenters. The van der Waals surface area contributed by atoms with E-state index in [1.54, 1.807) is 13.0 Å². The van der Waals surface area contributed by atoms with Gasteiger partial charge in [-0.15, -0.1) is 0 Å². The Kier molecular flexibility index (Phi) is 7.04. The third kappa shape index (κ3) is 5.45. The van der Waals surface area contributed by atoms with Crippen LogP contribution in [-0.4, -0.2) is 42.6 Å². The van der Waals surface area contributed by atoms with Gasteiger partial charge in [0.15, 0.2) is 6.54 Å². The number of nitrogens with one attached hydrogen (secondary N) is 1. The van der Waals surface area contributed by atoms with Gasteiger partial charge in [-0.3, -0.25) is 4.79 Å². The Morgan fingerprint density at radius 3 is 2.41 bits per heavy atom. The summed E-state index contributed by atoms with van der Waals surface area (Å²) in [6.07, 6.45) is 3.50. The van der Waals surface area contributed by atoms with Crippen LogP contribution in [0.1, 0.15) is 47.7 Å². The lowest BCUT2D eigenvalue weighted by Crippen LogP contribution is -2.54. The molecule has 1 heterocycles. The van der Waals surface area contributed by atoms with Crippen LogP contribution in [0, 0.1) is 6.92 Å². The van der Waals surface area contributed by atoms with Crippen LogP contribution in [0.5, 0.6) is 0 Å². The van der Waals surface area contributed by atoms with Crippen molar-refractivity contribution in [3.8, 4) is 0 Å². The maximum absolute atomic E-state index is 13.1. The number of quaternary nitrogens is 1. The number of likely N-dealkylation sites (tertiary alicyclic amines) is 1.